The Labute approximate surface area is 131 Å². The zero-order valence-corrected chi connectivity index (χ0v) is 13.4. The predicted octanol–water partition coefficient (Wildman–Crippen LogP) is 2.58. The van der Waals surface area contributed by atoms with E-state index in [0.717, 1.165) is 25.3 Å². The molecule has 0 bridgehead atoms. The summed E-state index contributed by atoms with van der Waals surface area (Å²) in [6.45, 7) is 6.71. The summed E-state index contributed by atoms with van der Waals surface area (Å²) >= 11 is 5.95. The minimum Gasteiger partial charge on any atom is -0.489 e. The largest absolute Gasteiger partial charge is 0.489 e. The van der Waals surface area contributed by atoms with Crippen LogP contribution in [0.3, 0.4) is 0 Å². The van der Waals surface area contributed by atoms with Crippen molar-refractivity contribution in [2.45, 2.75) is 38.6 Å². The van der Waals surface area contributed by atoms with Gasteiger partial charge in [-0.05, 0) is 38.5 Å². The number of rotatable bonds is 7. The van der Waals surface area contributed by atoms with Crippen molar-refractivity contribution in [3.8, 4) is 5.75 Å². The summed E-state index contributed by atoms with van der Waals surface area (Å²) < 4.78 is 11.4. The Kier molecular flexibility index (Phi) is 6.30. The van der Waals surface area contributed by atoms with Crippen LogP contribution >= 0.6 is 11.6 Å². The van der Waals surface area contributed by atoms with Crippen LogP contribution in [0.4, 0.5) is 0 Å². The van der Waals surface area contributed by atoms with E-state index in [0.29, 0.717) is 18.2 Å². The summed E-state index contributed by atoms with van der Waals surface area (Å²) in [4.78, 5) is 2.21. The second kappa shape index (κ2) is 7.99. The third kappa shape index (κ3) is 5.83. The number of ether oxygens (including phenoxy) is 2. The van der Waals surface area contributed by atoms with Gasteiger partial charge in [-0.2, -0.15) is 0 Å². The van der Waals surface area contributed by atoms with Crippen LogP contribution in [0.5, 0.6) is 5.75 Å². The molecule has 118 valence electrons. The summed E-state index contributed by atoms with van der Waals surface area (Å²) in [5.41, 5.74) is 0. The molecule has 0 aromatic heterocycles. The molecule has 0 amide bonds. The molecule has 1 aromatic carbocycles. The SMILES string of the molecule is CC(C)OCC(O)CN1CCC(Oc2cccc(Cl)c2)C1. The van der Waals surface area contributed by atoms with E-state index < -0.39 is 6.10 Å². The molecule has 1 heterocycles. The molecule has 2 unspecified atom stereocenters. The number of aliphatic hydroxyl groups excluding tert-OH is 1. The lowest BCUT2D eigenvalue weighted by Crippen LogP contribution is -2.35. The topological polar surface area (TPSA) is 41.9 Å². The van der Waals surface area contributed by atoms with Crippen LogP contribution in [0.2, 0.25) is 5.02 Å². The van der Waals surface area contributed by atoms with E-state index in [9.17, 15) is 5.11 Å². The highest BCUT2D eigenvalue weighted by Gasteiger charge is 2.25. The number of benzene rings is 1. The van der Waals surface area contributed by atoms with Crippen LogP contribution in [0.25, 0.3) is 0 Å². The molecule has 1 aliphatic rings. The highest BCUT2D eigenvalue weighted by atomic mass is 35.5. The maximum absolute atomic E-state index is 9.95. The van der Waals surface area contributed by atoms with Crippen LogP contribution in [0.15, 0.2) is 24.3 Å². The molecule has 1 fully saturated rings. The lowest BCUT2D eigenvalue weighted by atomic mass is 10.3. The molecule has 0 radical (unpaired) electrons. The highest BCUT2D eigenvalue weighted by Crippen LogP contribution is 2.21. The molecule has 21 heavy (non-hydrogen) atoms. The fourth-order valence-electron chi connectivity index (χ4n) is 2.45. The first-order valence-corrected chi connectivity index (χ1v) is 7.85. The first kappa shape index (κ1) is 16.6. The van der Waals surface area contributed by atoms with Crippen molar-refractivity contribution < 1.29 is 14.6 Å². The first-order valence-electron chi connectivity index (χ1n) is 7.47. The van der Waals surface area contributed by atoms with E-state index in [1.54, 1.807) is 0 Å². The van der Waals surface area contributed by atoms with Gasteiger partial charge in [-0.15, -0.1) is 0 Å². The van der Waals surface area contributed by atoms with Crippen LogP contribution in [0, 0.1) is 0 Å². The second-order valence-corrected chi connectivity index (χ2v) is 6.22. The van der Waals surface area contributed by atoms with Gasteiger partial charge in [0, 0.05) is 24.7 Å². The average Bonchev–Trinajstić information content (AvgIpc) is 2.83. The Balaban J connectivity index is 1.73. The Morgan fingerprint density at radius 1 is 1.43 bits per heavy atom. The maximum Gasteiger partial charge on any atom is 0.121 e. The molecule has 2 rings (SSSR count). The van der Waals surface area contributed by atoms with Crippen LogP contribution in [0.1, 0.15) is 20.3 Å². The minimum atomic E-state index is -0.447. The van der Waals surface area contributed by atoms with E-state index in [1.165, 1.54) is 0 Å². The Morgan fingerprint density at radius 3 is 2.95 bits per heavy atom. The van der Waals surface area contributed by atoms with E-state index in [4.69, 9.17) is 21.1 Å². The van der Waals surface area contributed by atoms with Gasteiger partial charge in [-0.1, -0.05) is 17.7 Å². The third-order valence-corrected chi connectivity index (χ3v) is 3.65. The van der Waals surface area contributed by atoms with E-state index in [2.05, 4.69) is 4.90 Å². The molecule has 0 spiro atoms. The molecule has 1 aromatic rings. The monoisotopic (exact) mass is 313 g/mol. The van der Waals surface area contributed by atoms with Gasteiger partial charge < -0.3 is 14.6 Å². The zero-order valence-electron chi connectivity index (χ0n) is 12.7. The van der Waals surface area contributed by atoms with Gasteiger partial charge in [0.25, 0.3) is 0 Å². The number of hydrogen-bond donors (Lipinski definition) is 1. The van der Waals surface area contributed by atoms with Crippen molar-refractivity contribution in [3.63, 3.8) is 0 Å². The summed E-state index contributed by atoms with van der Waals surface area (Å²) in [6.07, 6.45) is 0.820. The number of halogens is 1. The van der Waals surface area contributed by atoms with Crippen molar-refractivity contribution in [2.24, 2.45) is 0 Å². The normalized spacial score (nSPS) is 20.9. The standard InChI is InChI=1S/C16H24ClNO3/c1-12(2)20-11-14(19)9-18-7-6-16(10-18)21-15-5-3-4-13(17)8-15/h3-5,8,12,14,16,19H,6-7,9-11H2,1-2H3. The fraction of sp³-hybridized carbons (Fsp3) is 0.625. The quantitative estimate of drug-likeness (QED) is 0.840. The molecule has 1 saturated heterocycles. The fourth-order valence-corrected chi connectivity index (χ4v) is 2.63. The summed E-state index contributed by atoms with van der Waals surface area (Å²) in [7, 11) is 0. The van der Waals surface area contributed by atoms with Crippen LogP contribution in [-0.2, 0) is 4.74 Å². The van der Waals surface area contributed by atoms with Crippen LogP contribution < -0.4 is 4.74 Å². The molecule has 5 heteroatoms. The van der Waals surface area contributed by atoms with E-state index in [1.807, 2.05) is 38.1 Å². The lowest BCUT2D eigenvalue weighted by Gasteiger charge is -2.21. The van der Waals surface area contributed by atoms with Gasteiger partial charge in [-0.25, -0.2) is 0 Å². The molecular formula is C16H24ClNO3. The van der Waals surface area contributed by atoms with Gasteiger partial charge in [-0.3, -0.25) is 4.90 Å². The smallest absolute Gasteiger partial charge is 0.121 e. The first-order chi connectivity index (χ1) is 10.0. The van der Waals surface area contributed by atoms with Crippen molar-refractivity contribution in [1.29, 1.82) is 0 Å². The molecule has 4 nitrogen and oxygen atoms in total. The number of hydrogen-bond acceptors (Lipinski definition) is 4. The Morgan fingerprint density at radius 2 is 2.24 bits per heavy atom. The molecule has 1 N–H and O–H groups in total. The van der Waals surface area contributed by atoms with Crippen LogP contribution in [-0.4, -0.2) is 54.6 Å². The molecule has 1 aliphatic heterocycles. The number of nitrogens with zero attached hydrogens (tertiary/aromatic N) is 1. The molecule has 0 aliphatic carbocycles. The Bertz CT molecular complexity index is 441. The zero-order chi connectivity index (χ0) is 15.2. The summed E-state index contributed by atoms with van der Waals surface area (Å²) in [6, 6.07) is 7.47. The van der Waals surface area contributed by atoms with Gasteiger partial charge in [0.05, 0.1) is 18.8 Å². The van der Waals surface area contributed by atoms with Crippen molar-refractivity contribution in [3.05, 3.63) is 29.3 Å². The predicted molar refractivity (Wildman–Crippen MR) is 84.0 cm³/mol. The highest BCUT2D eigenvalue weighted by molar-refractivity contribution is 6.30. The van der Waals surface area contributed by atoms with E-state index in [-0.39, 0.29) is 12.2 Å². The lowest BCUT2D eigenvalue weighted by molar-refractivity contribution is -0.00672. The molecular weight excluding hydrogens is 290 g/mol. The van der Waals surface area contributed by atoms with Gasteiger partial charge in [0.1, 0.15) is 11.9 Å². The average molecular weight is 314 g/mol. The van der Waals surface area contributed by atoms with Crippen molar-refractivity contribution in [2.75, 3.05) is 26.2 Å². The minimum absolute atomic E-state index is 0.150. The summed E-state index contributed by atoms with van der Waals surface area (Å²) in [5.74, 6) is 0.804. The third-order valence-electron chi connectivity index (χ3n) is 3.42. The second-order valence-electron chi connectivity index (χ2n) is 5.78. The number of β-amino-alcohol motifs (C(OH)–C–C–N with tert-alkyl or cyclic N) is 1. The Hall–Kier alpha value is -0.810. The van der Waals surface area contributed by atoms with Gasteiger partial charge in [0.15, 0.2) is 0 Å². The molecule has 2 atom stereocenters. The molecule has 0 saturated carbocycles. The van der Waals surface area contributed by atoms with Gasteiger partial charge >= 0.3 is 0 Å². The number of likely N-dealkylation sites (tertiary alicyclic amines) is 1. The van der Waals surface area contributed by atoms with Crippen molar-refractivity contribution >= 4 is 11.6 Å². The summed E-state index contributed by atoms with van der Waals surface area (Å²) in [5, 5.41) is 10.6. The van der Waals surface area contributed by atoms with Gasteiger partial charge in [0.2, 0.25) is 0 Å². The number of aliphatic hydroxyl groups is 1. The van der Waals surface area contributed by atoms with Crippen molar-refractivity contribution in [1.82, 2.24) is 4.90 Å². The maximum atomic E-state index is 9.95. The van der Waals surface area contributed by atoms with E-state index >= 15 is 0 Å².